The first-order valence-corrected chi connectivity index (χ1v) is 13.1. The third kappa shape index (κ3) is 5.37. The van der Waals surface area contributed by atoms with E-state index in [1.807, 2.05) is 37.3 Å². The molecule has 192 valence electrons. The first-order valence-electron chi connectivity index (χ1n) is 12.0. The fraction of sp³-hybridized carbons (Fsp3) is 0.133. The van der Waals surface area contributed by atoms with Gasteiger partial charge in [-0.25, -0.2) is 4.68 Å². The Labute approximate surface area is 235 Å². The van der Waals surface area contributed by atoms with Crippen molar-refractivity contribution in [3.8, 4) is 22.7 Å². The SMILES string of the molecule is COc1ccc2ccc(CCNC(=O)c3nn(-c4ccc(Cl)cc4Cl)c(-c4ccc(Cl)cc4)c3C)cc2c1. The Balaban J connectivity index is 1.41. The van der Waals surface area contributed by atoms with Crippen LogP contribution in [0.25, 0.3) is 27.7 Å². The maximum Gasteiger partial charge on any atom is 0.272 e. The highest BCUT2D eigenvalue weighted by Crippen LogP contribution is 2.33. The van der Waals surface area contributed by atoms with Crippen LogP contribution in [0.1, 0.15) is 21.6 Å². The Morgan fingerprint density at radius 2 is 1.63 bits per heavy atom. The zero-order chi connectivity index (χ0) is 26.8. The number of halogens is 3. The van der Waals surface area contributed by atoms with Gasteiger partial charge in [-0.05, 0) is 72.1 Å². The first-order chi connectivity index (χ1) is 18.3. The molecule has 0 atom stereocenters. The smallest absolute Gasteiger partial charge is 0.272 e. The molecular weight excluding hydrogens is 541 g/mol. The molecule has 4 aromatic carbocycles. The average Bonchev–Trinajstić information content (AvgIpc) is 3.25. The summed E-state index contributed by atoms with van der Waals surface area (Å²) in [5, 5.41) is 11.5. The highest BCUT2D eigenvalue weighted by Gasteiger charge is 2.23. The zero-order valence-electron chi connectivity index (χ0n) is 20.8. The molecule has 0 saturated carbocycles. The summed E-state index contributed by atoms with van der Waals surface area (Å²) in [6.07, 6.45) is 0.672. The fourth-order valence-corrected chi connectivity index (χ4v) is 5.06. The molecule has 5 rings (SSSR count). The zero-order valence-corrected chi connectivity index (χ0v) is 23.0. The Morgan fingerprint density at radius 1 is 0.895 bits per heavy atom. The summed E-state index contributed by atoms with van der Waals surface area (Å²) in [5.74, 6) is 0.551. The standard InChI is InChI=1S/C30H24Cl3N3O2/c1-18-28(30(37)34-14-13-19-3-4-20-7-11-25(38-2)16-22(20)15-19)35-36(27-12-10-24(32)17-26(27)33)29(18)21-5-8-23(31)9-6-21/h3-12,15-17H,13-14H2,1-2H3,(H,34,37). The van der Waals surface area contributed by atoms with E-state index in [9.17, 15) is 4.79 Å². The van der Waals surface area contributed by atoms with Crippen molar-refractivity contribution in [2.24, 2.45) is 0 Å². The molecule has 38 heavy (non-hydrogen) atoms. The van der Waals surface area contributed by atoms with E-state index in [4.69, 9.17) is 39.5 Å². The largest absolute Gasteiger partial charge is 0.497 e. The second-order valence-corrected chi connectivity index (χ2v) is 10.2. The van der Waals surface area contributed by atoms with Gasteiger partial charge in [0.05, 0.1) is 23.5 Å². The molecule has 0 spiro atoms. The van der Waals surface area contributed by atoms with Crippen LogP contribution in [0.3, 0.4) is 0 Å². The lowest BCUT2D eigenvalue weighted by molar-refractivity contribution is 0.0948. The number of amides is 1. The maximum atomic E-state index is 13.3. The molecule has 0 aliphatic heterocycles. The fourth-order valence-electron chi connectivity index (χ4n) is 4.45. The summed E-state index contributed by atoms with van der Waals surface area (Å²) in [6, 6.07) is 24.8. The molecule has 1 heterocycles. The molecule has 0 unspecified atom stereocenters. The minimum Gasteiger partial charge on any atom is -0.497 e. The molecule has 1 aromatic heterocycles. The van der Waals surface area contributed by atoms with E-state index < -0.39 is 0 Å². The molecule has 8 heteroatoms. The van der Waals surface area contributed by atoms with Crippen molar-refractivity contribution in [2.45, 2.75) is 13.3 Å². The number of ether oxygens (including phenoxy) is 1. The van der Waals surface area contributed by atoms with Crippen molar-refractivity contribution < 1.29 is 9.53 Å². The number of hydrogen-bond donors (Lipinski definition) is 1. The lowest BCUT2D eigenvalue weighted by Crippen LogP contribution is -2.26. The van der Waals surface area contributed by atoms with Crippen LogP contribution in [0.5, 0.6) is 5.75 Å². The third-order valence-electron chi connectivity index (χ3n) is 6.40. The molecule has 1 amide bonds. The van der Waals surface area contributed by atoms with Crippen molar-refractivity contribution in [1.82, 2.24) is 15.1 Å². The van der Waals surface area contributed by atoms with Crippen molar-refractivity contribution in [3.63, 3.8) is 0 Å². The minimum atomic E-state index is -0.260. The Hall–Kier alpha value is -3.51. The van der Waals surface area contributed by atoms with Gasteiger partial charge in [0.1, 0.15) is 5.75 Å². The number of methoxy groups -OCH3 is 1. The predicted molar refractivity (Wildman–Crippen MR) is 155 cm³/mol. The summed E-state index contributed by atoms with van der Waals surface area (Å²) in [5.41, 5.74) is 4.39. The van der Waals surface area contributed by atoms with Crippen molar-refractivity contribution in [2.75, 3.05) is 13.7 Å². The molecule has 1 N–H and O–H groups in total. The van der Waals surface area contributed by atoms with Crippen LogP contribution in [-0.4, -0.2) is 29.3 Å². The third-order valence-corrected chi connectivity index (χ3v) is 7.19. The Bertz CT molecular complexity index is 1650. The molecule has 5 aromatic rings. The molecular formula is C30H24Cl3N3O2. The predicted octanol–water partition coefficient (Wildman–Crippen LogP) is 7.94. The second kappa shape index (κ2) is 11.1. The topological polar surface area (TPSA) is 56.1 Å². The van der Waals surface area contributed by atoms with E-state index in [2.05, 4.69) is 28.6 Å². The summed E-state index contributed by atoms with van der Waals surface area (Å²) < 4.78 is 7.03. The maximum absolute atomic E-state index is 13.3. The summed E-state index contributed by atoms with van der Waals surface area (Å²) in [7, 11) is 1.66. The van der Waals surface area contributed by atoms with Crippen LogP contribution in [0.4, 0.5) is 0 Å². The van der Waals surface area contributed by atoms with Crippen LogP contribution < -0.4 is 10.1 Å². The van der Waals surface area contributed by atoms with Gasteiger partial charge >= 0.3 is 0 Å². The minimum absolute atomic E-state index is 0.260. The van der Waals surface area contributed by atoms with E-state index in [0.29, 0.717) is 39.4 Å². The number of nitrogens with one attached hydrogen (secondary N) is 1. The molecule has 0 radical (unpaired) electrons. The van der Waals surface area contributed by atoms with E-state index >= 15 is 0 Å². The van der Waals surface area contributed by atoms with Gasteiger partial charge in [0.2, 0.25) is 0 Å². The van der Waals surface area contributed by atoms with Gasteiger partial charge in [-0.2, -0.15) is 5.10 Å². The van der Waals surface area contributed by atoms with Crippen LogP contribution in [0.15, 0.2) is 78.9 Å². The van der Waals surface area contributed by atoms with Crippen molar-refractivity contribution >= 4 is 51.5 Å². The summed E-state index contributed by atoms with van der Waals surface area (Å²) in [6.45, 7) is 2.33. The van der Waals surface area contributed by atoms with Gasteiger partial charge < -0.3 is 10.1 Å². The van der Waals surface area contributed by atoms with E-state index in [1.54, 1.807) is 42.1 Å². The van der Waals surface area contributed by atoms with Crippen LogP contribution in [-0.2, 0) is 6.42 Å². The van der Waals surface area contributed by atoms with Crippen molar-refractivity contribution in [1.29, 1.82) is 0 Å². The highest BCUT2D eigenvalue weighted by atomic mass is 35.5. The number of aromatic nitrogens is 2. The van der Waals surface area contributed by atoms with Gasteiger partial charge in [-0.3, -0.25) is 4.79 Å². The van der Waals surface area contributed by atoms with Crippen LogP contribution >= 0.6 is 34.8 Å². The van der Waals surface area contributed by atoms with Gasteiger partial charge in [0, 0.05) is 27.7 Å². The molecule has 5 nitrogen and oxygen atoms in total. The lowest BCUT2D eigenvalue weighted by atomic mass is 10.0. The number of benzene rings is 4. The van der Waals surface area contributed by atoms with E-state index in [-0.39, 0.29) is 5.91 Å². The van der Waals surface area contributed by atoms with Crippen molar-refractivity contribution in [3.05, 3.63) is 111 Å². The summed E-state index contributed by atoms with van der Waals surface area (Å²) >= 11 is 18.8. The van der Waals surface area contributed by atoms with Gasteiger partial charge in [0.15, 0.2) is 5.69 Å². The normalized spacial score (nSPS) is 11.1. The highest BCUT2D eigenvalue weighted by molar-refractivity contribution is 6.35. The van der Waals surface area contributed by atoms with Gasteiger partial charge in [-0.15, -0.1) is 0 Å². The lowest BCUT2D eigenvalue weighted by Gasteiger charge is -2.11. The number of rotatable bonds is 7. The Kier molecular flexibility index (Phi) is 7.61. The van der Waals surface area contributed by atoms with Gasteiger partial charge in [0.25, 0.3) is 5.91 Å². The van der Waals surface area contributed by atoms with Gasteiger partial charge in [-0.1, -0.05) is 71.2 Å². The quantitative estimate of drug-likeness (QED) is 0.218. The average molecular weight is 565 g/mol. The molecule has 0 aliphatic rings. The number of nitrogens with zero attached hydrogens (tertiary/aromatic N) is 2. The summed E-state index contributed by atoms with van der Waals surface area (Å²) in [4.78, 5) is 13.3. The molecule has 0 bridgehead atoms. The van der Waals surface area contributed by atoms with E-state index in [1.165, 1.54) is 0 Å². The first kappa shape index (κ1) is 26.1. The number of carbonyl (C=O) groups excluding carboxylic acids is 1. The molecule has 0 aliphatic carbocycles. The number of fused-ring (bicyclic) bond motifs is 1. The van der Waals surface area contributed by atoms with E-state index in [0.717, 1.165) is 38.9 Å². The monoisotopic (exact) mass is 563 g/mol. The van der Waals surface area contributed by atoms with Crippen LogP contribution in [0.2, 0.25) is 15.1 Å². The number of carbonyl (C=O) groups is 1. The van der Waals surface area contributed by atoms with Crippen LogP contribution in [0, 0.1) is 6.92 Å². The Morgan fingerprint density at radius 3 is 2.37 bits per heavy atom. The second-order valence-electron chi connectivity index (χ2n) is 8.89. The molecule has 0 fully saturated rings. The molecule has 0 saturated heterocycles. The number of hydrogen-bond acceptors (Lipinski definition) is 3.